The van der Waals surface area contributed by atoms with Crippen LogP contribution in [0.3, 0.4) is 0 Å². The molecule has 3 rings (SSSR count). The summed E-state index contributed by atoms with van der Waals surface area (Å²) in [5, 5.41) is 18.9. The fourth-order valence-electron chi connectivity index (χ4n) is 3.82. The lowest BCUT2D eigenvalue weighted by atomic mass is 9.96. The van der Waals surface area contributed by atoms with Crippen LogP contribution in [0.2, 0.25) is 0 Å². The van der Waals surface area contributed by atoms with Crippen molar-refractivity contribution in [1.29, 1.82) is 5.26 Å². The molecule has 2 aliphatic heterocycles. The van der Waals surface area contributed by atoms with E-state index in [9.17, 15) is 5.11 Å². The van der Waals surface area contributed by atoms with Gasteiger partial charge in [-0.15, -0.1) is 0 Å². The smallest absolute Gasteiger partial charge is 0.129 e. The molecule has 1 aromatic rings. The van der Waals surface area contributed by atoms with Crippen LogP contribution < -0.4 is 4.90 Å². The highest BCUT2D eigenvalue weighted by Gasteiger charge is 2.34. The van der Waals surface area contributed by atoms with E-state index < -0.39 is 0 Å². The molecular weight excluding hydrogens is 302 g/mol. The Balaban J connectivity index is 1.61. The van der Waals surface area contributed by atoms with Crippen LogP contribution >= 0.6 is 0 Å². The van der Waals surface area contributed by atoms with Crippen LogP contribution in [-0.2, 0) is 0 Å². The molecule has 0 bridgehead atoms. The van der Waals surface area contributed by atoms with Crippen molar-refractivity contribution in [2.24, 2.45) is 11.8 Å². The molecule has 2 fully saturated rings. The van der Waals surface area contributed by atoms with Gasteiger partial charge in [0.15, 0.2) is 0 Å². The lowest BCUT2D eigenvalue weighted by molar-refractivity contribution is 0.106. The van der Waals surface area contributed by atoms with E-state index in [-0.39, 0.29) is 12.5 Å². The Morgan fingerprint density at radius 1 is 1.21 bits per heavy atom. The Morgan fingerprint density at radius 2 is 1.92 bits per heavy atom. The summed E-state index contributed by atoms with van der Waals surface area (Å²) in [7, 11) is 0. The Labute approximate surface area is 144 Å². The van der Waals surface area contributed by atoms with Crippen LogP contribution in [0, 0.1) is 23.2 Å². The van der Waals surface area contributed by atoms with E-state index in [1.807, 2.05) is 6.07 Å². The van der Waals surface area contributed by atoms with Gasteiger partial charge in [-0.3, -0.25) is 0 Å². The van der Waals surface area contributed by atoms with Crippen LogP contribution in [0.15, 0.2) is 18.3 Å². The van der Waals surface area contributed by atoms with Crippen molar-refractivity contribution in [1.82, 2.24) is 14.8 Å². The third-order valence-corrected chi connectivity index (χ3v) is 5.41. The van der Waals surface area contributed by atoms with E-state index in [2.05, 4.69) is 32.7 Å². The number of nitrogens with zero attached hydrogens (tertiary/aromatic N) is 5. The summed E-state index contributed by atoms with van der Waals surface area (Å²) in [5.74, 6) is 1.59. The van der Waals surface area contributed by atoms with Crippen molar-refractivity contribution in [2.75, 3.05) is 63.9 Å². The lowest BCUT2D eigenvalue weighted by Gasteiger charge is -2.36. The van der Waals surface area contributed by atoms with Crippen LogP contribution in [-0.4, -0.2) is 78.9 Å². The molecule has 0 aromatic carbocycles. The van der Waals surface area contributed by atoms with Gasteiger partial charge in [0, 0.05) is 64.5 Å². The Hall–Kier alpha value is -1.68. The predicted octanol–water partition coefficient (Wildman–Crippen LogP) is 0.635. The fraction of sp³-hybridized carbons (Fsp3) is 0.667. The number of hydrogen-bond acceptors (Lipinski definition) is 6. The fourth-order valence-corrected chi connectivity index (χ4v) is 3.82. The molecule has 2 aliphatic rings. The van der Waals surface area contributed by atoms with E-state index in [4.69, 9.17) is 5.26 Å². The number of anilines is 1. The van der Waals surface area contributed by atoms with Gasteiger partial charge in [0.25, 0.3) is 0 Å². The van der Waals surface area contributed by atoms with Crippen molar-refractivity contribution < 1.29 is 5.11 Å². The number of pyridine rings is 1. The van der Waals surface area contributed by atoms with E-state index >= 15 is 0 Å². The first-order valence-electron chi connectivity index (χ1n) is 8.90. The molecule has 1 aromatic heterocycles. The second-order valence-corrected chi connectivity index (χ2v) is 6.86. The number of aromatic nitrogens is 1. The topological polar surface area (TPSA) is 66.6 Å². The molecule has 0 unspecified atom stereocenters. The van der Waals surface area contributed by atoms with Gasteiger partial charge in [0.1, 0.15) is 5.82 Å². The van der Waals surface area contributed by atoms with E-state index in [0.29, 0.717) is 11.5 Å². The summed E-state index contributed by atoms with van der Waals surface area (Å²) in [6.07, 6.45) is 1.69. The summed E-state index contributed by atoms with van der Waals surface area (Å²) in [5.41, 5.74) is 0.639. The normalized spacial score (nSPS) is 25.8. The second-order valence-electron chi connectivity index (χ2n) is 6.86. The number of aliphatic hydroxyl groups excluding tert-OH is 1. The first-order chi connectivity index (χ1) is 11.7. The molecule has 0 radical (unpaired) electrons. The predicted molar refractivity (Wildman–Crippen MR) is 93.8 cm³/mol. The molecule has 2 atom stereocenters. The summed E-state index contributed by atoms with van der Waals surface area (Å²) < 4.78 is 0. The Morgan fingerprint density at radius 3 is 2.58 bits per heavy atom. The minimum absolute atomic E-state index is 0.216. The maximum absolute atomic E-state index is 9.79. The Bertz CT molecular complexity index is 579. The van der Waals surface area contributed by atoms with Crippen molar-refractivity contribution in [3.8, 4) is 6.07 Å². The third-order valence-electron chi connectivity index (χ3n) is 5.41. The minimum atomic E-state index is 0.216. The van der Waals surface area contributed by atoms with Crippen LogP contribution in [0.5, 0.6) is 0 Å². The molecule has 2 saturated heterocycles. The minimum Gasteiger partial charge on any atom is -0.396 e. The highest BCUT2D eigenvalue weighted by Crippen LogP contribution is 2.28. The van der Waals surface area contributed by atoms with Gasteiger partial charge in [-0.25, -0.2) is 4.98 Å². The zero-order valence-corrected chi connectivity index (χ0v) is 14.4. The summed E-state index contributed by atoms with van der Waals surface area (Å²) >= 11 is 0. The molecule has 6 heteroatoms. The molecule has 1 N–H and O–H groups in total. The first-order valence-corrected chi connectivity index (χ1v) is 8.90. The molecule has 0 saturated carbocycles. The van der Waals surface area contributed by atoms with Crippen LogP contribution in [0.4, 0.5) is 5.82 Å². The molecule has 130 valence electrons. The van der Waals surface area contributed by atoms with Gasteiger partial charge < -0.3 is 19.8 Å². The average molecular weight is 329 g/mol. The molecule has 24 heavy (non-hydrogen) atoms. The van der Waals surface area contributed by atoms with E-state index in [1.165, 1.54) is 0 Å². The van der Waals surface area contributed by atoms with Gasteiger partial charge in [-0.05, 0) is 24.6 Å². The van der Waals surface area contributed by atoms with Gasteiger partial charge in [0.2, 0.25) is 0 Å². The first kappa shape index (κ1) is 17.2. The number of nitriles is 1. The number of piperazine rings is 1. The summed E-state index contributed by atoms with van der Waals surface area (Å²) in [6, 6.07) is 5.75. The van der Waals surface area contributed by atoms with Gasteiger partial charge >= 0.3 is 0 Å². The molecule has 6 nitrogen and oxygen atoms in total. The van der Waals surface area contributed by atoms with Crippen LogP contribution in [0.25, 0.3) is 0 Å². The third kappa shape index (κ3) is 3.86. The number of likely N-dealkylation sites (N-methyl/N-ethyl adjacent to an activating group) is 1. The number of rotatable bonds is 5. The van der Waals surface area contributed by atoms with Crippen molar-refractivity contribution in [3.63, 3.8) is 0 Å². The van der Waals surface area contributed by atoms with Crippen molar-refractivity contribution in [3.05, 3.63) is 23.9 Å². The quantitative estimate of drug-likeness (QED) is 0.855. The van der Waals surface area contributed by atoms with Crippen molar-refractivity contribution in [2.45, 2.75) is 6.92 Å². The SMILES string of the molecule is CCN1CCN(C[C@@H]2CN(c3cc(C#N)ccn3)C[C@@H]2CO)CC1. The highest BCUT2D eigenvalue weighted by molar-refractivity contribution is 5.46. The average Bonchev–Trinajstić information content (AvgIpc) is 3.05. The molecule has 0 amide bonds. The van der Waals surface area contributed by atoms with Gasteiger partial charge in [-0.2, -0.15) is 5.26 Å². The maximum Gasteiger partial charge on any atom is 0.129 e. The lowest BCUT2D eigenvalue weighted by Crippen LogP contribution is -2.48. The summed E-state index contributed by atoms with van der Waals surface area (Å²) in [6.45, 7) is 10.8. The Kier molecular flexibility index (Phi) is 5.67. The standard InChI is InChI=1S/C18H27N5O/c1-2-21-5-7-22(8-6-21)11-16-12-23(13-17(16)14-24)18-9-15(10-19)3-4-20-18/h3-4,9,16-17,24H,2,5-8,11-14H2,1H3/t16-,17-/m1/s1. The van der Waals surface area contributed by atoms with E-state index in [1.54, 1.807) is 12.3 Å². The van der Waals surface area contributed by atoms with Gasteiger partial charge in [-0.1, -0.05) is 6.92 Å². The second kappa shape index (κ2) is 7.93. The van der Waals surface area contributed by atoms with E-state index in [0.717, 1.165) is 58.2 Å². The molecular formula is C18H27N5O. The largest absolute Gasteiger partial charge is 0.396 e. The monoisotopic (exact) mass is 329 g/mol. The maximum atomic E-state index is 9.79. The van der Waals surface area contributed by atoms with Crippen molar-refractivity contribution >= 4 is 5.82 Å². The summed E-state index contributed by atoms with van der Waals surface area (Å²) in [4.78, 5) is 11.6. The highest BCUT2D eigenvalue weighted by atomic mass is 16.3. The number of hydrogen-bond donors (Lipinski definition) is 1. The van der Waals surface area contributed by atoms with Crippen LogP contribution in [0.1, 0.15) is 12.5 Å². The molecule has 0 aliphatic carbocycles. The molecule has 3 heterocycles. The molecule has 0 spiro atoms. The number of aliphatic hydroxyl groups is 1. The zero-order chi connectivity index (χ0) is 16.9. The van der Waals surface area contributed by atoms with Gasteiger partial charge in [0.05, 0.1) is 11.6 Å². The zero-order valence-electron chi connectivity index (χ0n) is 14.4.